The normalized spacial score (nSPS) is 12.2. The van der Waals surface area contributed by atoms with E-state index < -0.39 is 11.9 Å². The van der Waals surface area contributed by atoms with E-state index in [4.69, 9.17) is 17.3 Å². The number of nitrogens with zero attached hydrogens (tertiary/aromatic N) is 4. The van der Waals surface area contributed by atoms with Crippen molar-refractivity contribution in [2.45, 2.75) is 13.0 Å². The molecule has 0 radical (unpaired) electrons. The monoisotopic (exact) mass is 488 g/mol. The Kier molecular flexibility index (Phi) is 5.41. The number of fused-ring (bicyclic) bond motifs is 2. The van der Waals surface area contributed by atoms with Crippen LogP contribution in [0.25, 0.3) is 27.7 Å². The van der Waals surface area contributed by atoms with E-state index in [9.17, 15) is 14.7 Å². The maximum absolute atomic E-state index is 13.7. The van der Waals surface area contributed by atoms with E-state index in [1.807, 2.05) is 4.57 Å². The number of pyridine rings is 1. The molecule has 0 saturated heterocycles. The molecule has 0 unspecified atom stereocenters. The van der Waals surface area contributed by atoms with E-state index in [0.29, 0.717) is 38.4 Å². The Balaban J connectivity index is 1.70. The van der Waals surface area contributed by atoms with Crippen molar-refractivity contribution in [1.29, 1.82) is 0 Å². The Labute approximate surface area is 204 Å². The van der Waals surface area contributed by atoms with Gasteiger partial charge >= 0.3 is 0 Å². The number of rotatable bonds is 4. The molecule has 35 heavy (non-hydrogen) atoms. The van der Waals surface area contributed by atoms with Gasteiger partial charge in [-0.3, -0.25) is 9.59 Å². The summed E-state index contributed by atoms with van der Waals surface area (Å²) in [5.74, 6) is -0.429. The van der Waals surface area contributed by atoms with Crippen molar-refractivity contribution < 1.29 is 9.90 Å². The van der Waals surface area contributed by atoms with Crippen LogP contribution >= 0.6 is 11.6 Å². The lowest BCUT2D eigenvalue weighted by atomic mass is 9.96. The van der Waals surface area contributed by atoms with Gasteiger partial charge in [0.05, 0.1) is 33.2 Å². The SMILES string of the molecule is C[C@H](NC(=O)c1c(N)nn2cccnc12)c1c(-c2cccc(O)c2)c(=O)c2c(Cl)cccc2n1C. The zero-order valence-electron chi connectivity index (χ0n) is 18.9. The van der Waals surface area contributed by atoms with E-state index >= 15 is 0 Å². The number of carbonyl (C=O) groups excluding carboxylic acids is 1. The number of nitrogen functional groups attached to an aromatic ring is 1. The number of phenols is 1. The average molecular weight is 489 g/mol. The lowest BCUT2D eigenvalue weighted by Gasteiger charge is -2.23. The number of nitrogens with one attached hydrogen (secondary N) is 1. The Morgan fingerprint density at radius 3 is 2.74 bits per heavy atom. The van der Waals surface area contributed by atoms with Crippen LogP contribution in [0.1, 0.15) is 29.0 Å². The van der Waals surface area contributed by atoms with E-state index in [-0.39, 0.29) is 22.6 Å². The summed E-state index contributed by atoms with van der Waals surface area (Å²) >= 11 is 6.42. The fourth-order valence-electron chi connectivity index (χ4n) is 4.46. The highest BCUT2D eigenvalue weighted by atomic mass is 35.5. The standard InChI is InChI=1S/C25H21ClN6O3/c1-13(29-25(35)20-23(27)30-32-11-5-10-28-24(20)32)21-18(14-6-3-7-15(33)12-14)22(34)19-16(26)8-4-9-17(19)31(21)2/h3-13,33H,1-2H3,(H2,27,30)(H,29,35)/t13-/m0/s1. The summed E-state index contributed by atoms with van der Waals surface area (Å²) in [5, 5.41) is 17.9. The largest absolute Gasteiger partial charge is 0.508 e. The van der Waals surface area contributed by atoms with Crippen LogP contribution in [0.3, 0.4) is 0 Å². The second-order valence-electron chi connectivity index (χ2n) is 8.18. The molecule has 0 fully saturated rings. The van der Waals surface area contributed by atoms with Gasteiger partial charge in [0.25, 0.3) is 5.91 Å². The van der Waals surface area contributed by atoms with Crippen LogP contribution < -0.4 is 16.5 Å². The molecular weight excluding hydrogens is 468 g/mol. The molecule has 176 valence electrons. The number of hydrogen-bond acceptors (Lipinski definition) is 6. The maximum Gasteiger partial charge on any atom is 0.259 e. The van der Waals surface area contributed by atoms with Crippen molar-refractivity contribution >= 4 is 39.9 Å². The predicted molar refractivity (Wildman–Crippen MR) is 135 cm³/mol. The molecular formula is C25H21ClN6O3. The number of carbonyl (C=O) groups is 1. The number of anilines is 1. The fourth-order valence-corrected chi connectivity index (χ4v) is 4.72. The summed E-state index contributed by atoms with van der Waals surface area (Å²) in [6.45, 7) is 1.77. The number of benzene rings is 2. The first-order valence-corrected chi connectivity index (χ1v) is 11.2. The molecule has 3 aromatic heterocycles. The third-order valence-corrected chi connectivity index (χ3v) is 6.28. The van der Waals surface area contributed by atoms with Gasteiger partial charge in [-0.1, -0.05) is 29.8 Å². The molecule has 5 rings (SSSR count). The molecule has 1 atom stereocenters. The molecule has 4 N–H and O–H groups in total. The number of amides is 1. The topological polar surface area (TPSA) is 128 Å². The van der Waals surface area contributed by atoms with Crippen molar-refractivity contribution in [2.75, 3.05) is 5.73 Å². The van der Waals surface area contributed by atoms with Crippen molar-refractivity contribution in [3.63, 3.8) is 0 Å². The molecule has 5 aromatic rings. The molecule has 0 aliphatic heterocycles. The fraction of sp³-hybridized carbons (Fsp3) is 0.120. The smallest absolute Gasteiger partial charge is 0.259 e. The van der Waals surface area contributed by atoms with Crippen LogP contribution in [0.15, 0.2) is 65.7 Å². The Bertz CT molecular complexity index is 1690. The van der Waals surface area contributed by atoms with Crippen molar-refractivity contribution in [2.24, 2.45) is 7.05 Å². The lowest BCUT2D eigenvalue weighted by Crippen LogP contribution is -2.31. The molecule has 0 saturated carbocycles. The number of aromatic nitrogens is 4. The minimum absolute atomic E-state index is 0.0108. The van der Waals surface area contributed by atoms with E-state index in [0.717, 1.165) is 0 Å². The predicted octanol–water partition coefficient (Wildman–Crippen LogP) is 3.68. The number of aromatic hydroxyl groups is 1. The van der Waals surface area contributed by atoms with E-state index in [1.54, 1.807) is 62.8 Å². The Hall–Kier alpha value is -4.37. The summed E-state index contributed by atoms with van der Waals surface area (Å²) in [6, 6.07) is 12.7. The Morgan fingerprint density at radius 2 is 1.97 bits per heavy atom. The van der Waals surface area contributed by atoms with Crippen molar-refractivity contribution in [1.82, 2.24) is 24.5 Å². The number of halogens is 1. The van der Waals surface area contributed by atoms with Gasteiger partial charge in [-0.25, -0.2) is 9.50 Å². The van der Waals surface area contributed by atoms with Gasteiger partial charge in [-0.2, -0.15) is 0 Å². The lowest BCUT2D eigenvalue weighted by molar-refractivity contribution is 0.0941. The summed E-state index contributed by atoms with van der Waals surface area (Å²) in [6.07, 6.45) is 3.20. The summed E-state index contributed by atoms with van der Waals surface area (Å²) in [7, 11) is 1.80. The quantitative estimate of drug-likeness (QED) is 0.354. The summed E-state index contributed by atoms with van der Waals surface area (Å²) in [5.41, 5.74) is 8.15. The number of nitrogens with two attached hydrogens (primary N) is 1. The second kappa shape index (κ2) is 8.44. The number of hydrogen-bond donors (Lipinski definition) is 3. The van der Waals surface area contributed by atoms with Crippen LogP contribution in [0.2, 0.25) is 5.02 Å². The molecule has 10 heteroatoms. The highest BCUT2D eigenvalue weighted by molar-refractivity contribution is 6.35. The summed E-state index contributed by atoms with van der Waals surface area (Å²) in [4.78, 5) is 31.3. The van der Waals surface area contributed by atoms with Gasteiger partial charge in [-0.05, 0) is 42.8 Å². The molecule has 9 nitrogen and oxygen atoms in total. The first-order valence-electron chi connectivity index (χ1n) is 10.8. The zero-order valence-corrected chi connectivity index (χ0v) is 19.6. The van der Waals surface area contributed by atoms with Crippen LogP contribution in [0.5, 0.6) is 5.75 Å². The van der Waals surface area contributed by atoms with Crippen LogP contribution in [0.4, 0.5) is 5.82 Å². The zero-order chi connectivity index (χ0) is 24.9. The van der Waals surface area contributed by atoms with Gasteiger partial charge in [-0.15, -0.1) is 5.10 Å². The minimum atomic E-state index is -0.640. The highest BCUT2D eigenvalue weighted by Gasteiger charge is 2.26. The van der Waals surface area contributed by atoms with Crippen molar-refractivity contribution in [3.8, 4) is 16.9 Å². The van der Waals surface area contributed by atoms with Crippen molar-refractivity contribution in [3.05, 3.63) is 87.4 Å². The molecule has 1 amide bonds. The highest BCUT2D eigenvalue weighted by Crippen LogP contribution is 2.32. The first kappa shape index (κ1) is 22.4. The number of aryl methyl sites for hydroxylation is 1. The van der Waals surface area contributed by atoms with E-state index in [2.05, 4.69) is 15.4 Å². The molecule has 3 heterocycles. The van der Waals surface area contributed by atoms with Gasteiger partial charge in [0.2, 0.25) is 0 Å². The molecule has 0 aliphatic carbocycles. The number of phenolic OH excluding ortho intramolecular Hbond substituents is 1. The maximum atomic E-state index is 13.7. The third kappa shape index (κ3) is 3.66. The third-order valence-electron chi connectivity index (χ3n) is 5.97. The first-order chi connectivity index (χ1) is 16.8. The Morgan fingerprint density at radius 1 is 1.20 bits per heavy atom. The molecule has 0 spiro atoms. The molecule has 0 aliphatic rings. The van der Waals surface area contributed by atoms with Crippen LogP contribution in [-0.2, 0) is 7.05 Å². The van der Waals surface area contributed by atoms with Crippen LogP contribution in [-0.4, -0.2) is 30.2 Å². The van der Waals surface area contributed by atoms with Crippen LogP contribution in [0, 0.1) is 0 Å². The molecule has 2 aromatic carbocycles. The molecule has 0 bridgehead atoms. The minimum Gasteiger partial charge on any atom is -0.508 e. The van der Waals surface area contributed by atoms with Gasteiger partial charge in [0, 0.05) is 19.4 Å². The van der Waals surface area contributed by atoms with E-state index in [1.165, 1.54) is 16.6 Å². The average Bonchev–Trinajstić information content (AvgIpc) is 3.16. The van der Waals surface area contributed by atoms with Gasteiger partial charge in [0.15, 0.2) is 16.9 Å². The van der Waals surface area contributed by atoms with Gasteiger partial charge in [0.1, 0.15) is 11.3 Å². The van der Waals surface area contributed by atoms with Gasteiger partial charge < -0.3 is 20.7 Å². The summed E-state index contributed by atoms with van der Waals surface area (Å²) < 4.78 is 3.26. The second-order valence-corrected chi connectivity index (χ2v) is 8.58.